The van der Waals surface area contributed by atoms with Gasteiger partial charge in [0.15, 0.2) is 11.6 Å². The second-order valence-electron chi connectivity index (χ2n) is 5.10. The topological polar surface area (TPSA) is 32.3 Å². The molecule has 1 fully saturated rings. The Hall–Kier alpha value is -1.09. The van der Waals surface area contributed by atoms with Crippen LogP contribution >= 0.6 is 0 Å². The predicted molar refractivity (Wildman–Crippen MR) is 66.3 cm³/mol. The second-order valence-corrected chi connectivity index (χ2v) is 5.10. The van der Waals surface area contributed by atoms with Gasteiger partial charge in [0.1, 0.15) is 0 Å². The van der Waals surface area contributed by atoms with Gasteiger partial charge in [0.2, 0.25) is 0 Å². The molecule has 0 aromatic heterocycles. The predicted octanol–water partition coefficient (Wildman–Crippen LogP) is 3.20. The summed E-state index contributed by atoms with van der Waals surface area (Å²) in [5, 5.41) is 13.0. The summed E-state index contributed by atoms with van der Waals surface area (Å²) >= 11 is 0. The summed E-state index contributed by atoms with van der Waals surface area (Å²) in [4.78, 5) is 0. The van der Waals surface area contributed by atoms with Crippen molar-refractivity contribution in [1.82, 2.24) is 5.32 Å². The van der Waals surface area contributed by atoms with Crippen LogP contribution < -0.4 is 5.32 Å². The van der Waals surface area contributed by atoms with Crippen molar-refractivity contribution in [3.63, 3.8) is 0 Å². The first-order valence-electron chi connectivity index (χ1n) is 6.36. The molecule has 2 atom stereocenters. The van der Waals surface area contributed by atoms with Gasteiger partial charge in [-0.05, 0) is 24.8 Å². The average molecular weight is 237 g/mol. The van der Waals surface area contributed by atoms with Crippen molar-refractivity contribution in [2.75, 3.05) is 0 Å². The first-order chi connectivity index (χ1) is 8.16. The van der Waals surface area contributed by atoms with Gasteiger partial charge in [0.05, 0.1) is 0 Å². The molecule has 2 nitrogen and oxygen atoms in total. The Morgan fingerprint density at radius 2 is 2.24 bits per heavy atom. The number of hydrogen-bond donors (Lipinski definition) is 2. The number of phenolic OH excluding ortho intramolecular Hbond substituents is 1. The molecule has 0 saturated heterocycles. The molecule has 2 rings (SSSR count). The van der Waals surface area contributed by atoms with Crippen LogP contribution in [0.25, 0.3) is 0 Å². The van der Waals surface area contributed by atoms with Crippen molar-refractivity contribution in [2.24, 2.45) is 5.92 Å². The van der Waals surface area contributed by atoms with Gasteiger partial charge in [0, 0.05) is 18.2 Å². The number of phenols is 1. The highest BCUT2D eigenvalue weighted by atomic mass is 19.1. The molecule has 1 aliphatic rings. The minimum absolute atomic E-state index is 0.219. The van der Waals surface area contributed by atoms with Crippen LogP contribution in [-0.2, 0) is 6.54 Å². The molecule has 1 aliphatic carbocycles. The van der Waals surface area contributed by atoms with E-state index in [4.69, 9.17) is 0 Å². The number of hydrogen-bond acceptors (Lipinski definition) is 2. The molecule has 2 N–H and O–H groups in total. The van der Waals surface area contributed by atoms with E-state index in [0.717, 1.165) is 5.92 Å². The van der Waals surface area contributed by atoms with E-state index in [9.17, 15) is 9.50 Å². The summed E-state index contributed by atoms with van der Waals surface area (Å²) in [5.74, 6) is 0.00697. The largest absolute Gasteiger partial charge is 0.505 e. The summed E-state index contributed by atoms with van der Waals surface area (Å²) < 4.78 is 13.1. The van der Waals surface area contributed by atoms with Gasteiger partial charge in [-0.1, -0.05) is 31.9 Å². The Kier molecular flexibility index (Phi) is 4.00. The lowest BCUT2D eigenvalue weighted by Crippen LogP contribution is -2.33. The monoisotopic (exact) mass is 237 g/mol. The van der Waals surface area contributed by atoms with Gasteiger partial charge >= 0.3 is 0 Å². The standard InChI is InChI=1S/C14H20FNO/c1-10-4-2-6-12(8-10)16-9-11-5-3-7-13(15)14(11)17/h3,5,7,10,12,16-17H,2,4,6,8-9H2,1H3. The van der Waals surface area contributed by atoms with Crippen molar-refractivity contribution >= 4 is 0 Å². The van der Waals surface area contributed by atoms with E-state index in [1.165, 1.54) is 31.7 Å². The normalized spacial score (nSPS) is 24.8. The number of para-hydroxylation sites is 1. The molecule has 3 heteroatoms. The van der Waals surface area contributed by atoms with Gasteiger partial charge in [-0.3, -0.25) is 0 Å². The highest BCUT2D eigenvalue weighted by molar-refractivity contribution is 5.33. The summed E-state index contributed by atoms with van der Waals surface area (Å²) in [6.45, 7) is 2.81. The first-order valence-corrected chi connectivity index (χ1v) is 6.36. The molecule has 0 spiro atoms. The van der Waals surface area contributed by atoms with Crippen molar-refractivity contribution in [3.8, 4) is 5.75 Å². The molecular weight excluding hydrogens is 217 g/mol. The fourth-order valence-electron chi connectivity index (χ4n) is 2.58. The van der Waals surface area contributed by atoms with Gasteiger partial charge in [-0.15, -0.1) is 0 Å². The Morgan fingerprint density at radius 1 is 1.41 bits per heavy atom. The van der Waals surface area contributed by atoms with Crippen molar-refractivity contribution in [3.05, 3.63) is 29.6 Å². The molecule has 0 aliphatic heterocycles. The fraction of sp³-hybridized carbons (Fsp3) is 0.571. The van der Waals surface area contributed by atoms with Crippen molar-refractivity contribution in [2.45, 2.75) is 45.2 Å². The molecule has 1 aromatic carbocycles. The summed E-state index contributed by atoms with van der Waals surface area (Å²) in [5.41, 5.74) is 0.642. The zero-order valence-corrected chi connectivity index (χ0v) is 10.2. The van der Waals surface area contributed by atoms with E-state index in [1.807, 2.05) is 0 Å². The van der Waals surface area contributed by atoms with Crippen LogP contribution in [0.15, 0.2) is 18.2 Å². The lowest BCUT2D eigenvalue weighted by Gasteiger charge is -2.27. The maximum atomic E-state index is 13.1. The minimum Gasteiger partial charge on any atom is -0.505 e. The summed E-state index contributed by atoms with van der Waals surface area (Å²) in [6, 6.07) is 5.18. The Morgan fingerprint density at radius 3 is 3.00 bits per heavy atom. The molecule has 94 valence electrons. The Labute approximate surface area is 102 Å². The SMILES string of the molecule is CC1CCCC(NCc2cccc(F)c2O)C1. The number of rotatable bonds is 3. The summed E-state index contributed by atoms with van der Waals surface area (Å²) in [6.07, 6.45) is 4.92. The molecule has 2 unspecified atom stereocenters. The number of halogens is 1. The first kappa shape index (κ1) is 12.4. The van der Waals surface area contributed by atoms with Crippen molar-refractivity contribution < 1.29 is 9.50 Å². The van der Waals surface area contributed by atoms with E-state index in [2.05, 4.69) is 12.2 Å². The van der Waals surface area contributed by atoms with E-state index < -0.39 is 5.82 Å². The Balaban J connectivity index is 1.91. The van der Waals surface area contributed by atoms with Crippen LogP contribution in [0.4, 0.5) is 4.39 Å². The molecule has 1 aromatic rings. The minimum atomic E-state index is -0.540. The smallest absolute Gasteiger partial charge is 0.165 e. The van der Waals surface area contributed by atoms with Crippen LogP contribution in [-0.4, -0.2) is 11.1 Å². The molecule has 0 bridgehead atoms. The summed E-state index contributed by atoms with van der Waals surface area (Å²) in [7, 11) is 0. The number of aromatic hydroxyl groups is 1. The second kappa shape index (κ2) is 5.50. The number of nitrogens with one attached hydrogen (secondary N) is 1. The lowest BCUT2D eigenvalue weighted by atomic mass is 9.87. The molecular formula is C14H20FNO. The molecule has 17 heavy (non-hydrogen) atoms. The van der Waals surface area contributed by atoms with Crippen LogP contribution in [0.1, 0.15) is 38.2 Å². The van der Waals surface area contributed by atoms with Crippen LogP contribution in [0.5, 0.6) is 5.75 Å². The Bertz CT molecular complexity index is 380. The highest BCUT2D eigenvalue weighted by Crippen LogP contribution is 2.25. The van der Waals surface area contributed by atoms with Gasteiger partial charge in [-0.25, -0.2) is 4.39 Å². The molecule has 0 amide bonds. The third-order valence-electron chi connectivity index (χ3n) is 3.59. The quantitative estimate of drug-likeness (QED) is 0.846. The van der Waals surface area contributed by atoms with E-state index in [-0.39, 0.29) is 5.75 Å². The maximum Gasteiger partial charge on any atom is 0.165 e. The zero-order chi connectivity index (χ0) is 12.3. The van der Waals surface area contributed by atoms with E-state index in [1.54, 1.807) is 12.1 Å². The van der Waals surface area contributed by atoms with Crippen LogP contribution in [0.2, 0.25) is 0 Å². The van der Waals surface area contributed by atoms with Gasteiger partial charge in [0.25, 0.3) is 0 Å². The van der Waals surface area contributed by atoms with Gasteiger partial charge in [-0.2, -0.15) is 0 Å². The van der Waals surface area contributed by atoms with Gasteiger partial charge < -0.3 is 10.4 Å². The number of benzene rings is 1. The average Bonchev–Trinajstić information content (AvgIpc) is 2.31. The lowest BCUT2D eigenvalue weighted by molar-refractivity contribution is 0.299. The molecule has 0 radical (unpaired) electrons. The van der Waals surface area contributed by atoms with Crippen molar-refractivity contribution in [1.29, 1.82) is 0 Å². The third-order valence-corrected chi connectivity index (χ3v) is 3.59. The fourth-order valence-corrected chi connectivity index (χ4v) is 2.58. The maximum absolute atomic E-state index is 13.1. The molecule has 0 heterocycles. The van der Waals surface area contributed by atoms with Crippen LogP contribution in [0.3, 0.4) is 0 Å². The van der Waals surface area contributed by atoms with E-state index >= 15 is 0 Å². The van der Waals surface area contributed by atoms with Crippen LogP contribution in [0, 0.1) is 11.7 Å². The third kappa shape index (κ3) is 3.19. The van der Waals surface area contributed by atoms with E-state index in [0.29, 0.717) is 18.2 Å². The zero-order valence-electron chi connectivity index (χ0n) is 10.2. The molecule has 1 saturated carbocycles. The highest BCUT2D eigenvalue weighted by Gasteiger charge is 2.18.